The lowest BCUT2D eigenvalue weighted by atomic mass is 9.95. The molecule has 2 amide bonds. The summed E-state index contributed by atoms with van der Waals surface area (Å²) in [5.74, 6) is 1.30. The number of allylic oxidation sites excluding steroid dienone is 1. The molecule has 0 spiro atoms. The lowest BCUT2D eigenvalue weighted by molar-refractivity contribution is -0.137. The molecule has 5 nitrogen and oxygen atoms in total. The van der Waals surface area contributed by atoms with E-state index in [1.54, 1.807) is 28.0 Å². The molecule has 40 heavy (non-hydrogen) atoms. The number of piperidine rings is 1. The molecule has 1 fully saturated rings. The molecule has 224 valence electrons. The van der Waals surface area contributed by atoms with Crippen molar-refractivity contribution in [2.75, 3.05) is 61.7 Å². The first kappa shape index (κ1) is 36.3. The molecule has 1 saturated heterocycles. The van der Waals surface area contributed by atoms with Crippen LogP contribution in [0.4, 0.5) is 5.69 Å². The molecular weight excluding hydrogens is 587 g/mol. The number of hydrogen-bond donors (Lipinski definition) is 0. The molecule has 1 unspecified atom stereocenters. The highest BCUT2D eigenvalue weighted by atomic mass is 35.5. The maximum atomic E-state index is 13.4. The van der Waals surface area contributed by atoms with Crippen LogP contribution in [0.15, 0.2) is 61.2 Å². The number of aryl methyl sites for hydroxylation is 1. The quantitative estimate of drug-likeness (QED) is 0.115. The Bertz CT molecular complexity index is 1040. The summed E-state index contributed by atoms with van der Waals surface area (Å²) in [5, 5.41) is 1.38. The Morgan fingerprint density at radius 3 is 2.30 bits per heavy atom. The van der Waals surface area contributed by atoms with Crippen LogP contribution in [0.25, 0.3) is 0 Å². The number of benzene rings is 2. The third-order valence-electron chi connectivity index (χ3n) is 5.84. The summed E-state index contributed by atoms with van der Waals surface area (Å²) < 4.78 is 5.88. The molecule has 1 atom stereocenters. The molecular formula is C31H45Cl3N2O3S. The van der Waals surface area contributed by atoms with Crippen molar-refractivity contribution in [3.8, 4) is 0 Å². The number of nitrogens with zero attached hydrogens (tertiary/aromatic N) is 2. The van der Waals surface area contributed by atoms with E-state index in [2.05, 4.69) is 25.3 Å². The maximum Gasteiger partial charge on any atom is 0.233 e. The van der Waals surface area contributed by atoms with E-state index in [4.69, 9.17) is 39.5 Å². The van der Waals surface area contributed by atoms with Crippen LogP contribution in [0.1, 0.15) is 31.7 Å². The Kier molecular flexibility index (Phi) is 17.6. The number of carbonyl (C=O) groups excluding carboxylic acids is 2. The molecule has 2 aromatic carbocycles. The summed E-state index contributed by atoms with van der Waals surface area (Å²) in [4.78, 5) is 29.0. The van der Waals surface area contributed by atoms with Crippen molar-refractivity contribution in [1.82, 2.24) is 4.90 Å². The minimum Gasteiger partial charge on any atom is -0.360 e. The van der Waals surface area contributed by atoms with Crippen LogP contribution in [0.3, 0.4) is 0 Å². The maximum absolute atomic E-state index is 13.4. The van der Waals surface area contributed by atoms with Crippen LogP contribution in [-0.2, 0) is 14.3 Å². The lowest BCUT2D eigenvalue weighted by Crippen LogP contribution is -2.48. The second kappa shape index (κ2) is 19.4. The number of ether oxygens (including phenoxy) is 1. The predicted molar refractivity (Wildman–Crippen MR) is 177 cm³/mol. The van der Waals surface area contributed by atoms with Gasteiger partial charge < -0.3 is 9.64 Å². The van der Waals surface area contributed by atoms with Crippen LogP contribution in [-0.4, -0.2) is 73.5 Å². The molecule has 3 rings (SSSR count). The molecule has 0 radical (unpaired) electrons. The van der Waals surface area contributed by atoms with Gasteiger partial charge in [0.1, 0.15) is 6.73 Å². The normalized spacial score (nSPS) is 15.2. The zero-order valence-electron chi connectivity index (χ0n) is 24.5. The molecule has 0 N–H and O–H groups in total. The number of carbonyl (C=O) groups is 2. The molecule has 0 saturated carbocycles. The third kappa shape index (κ3) is 14.8. The Balaban J connectivity index is 0.000000606. The molecule has 0 aromatic heterocycles. The van der Waals surface area contributed by atoms with Gasteiger partial charge in [0.05, 0.1) is 12.5 Å². The van der Waals surface area contributed by atoms with Crippen molar-refractivity contribution < 1.29 is 14.3 Å². The highest BCUT2D eigenvalue weighted by Gasteiger charge is 2.33. The second-order valence-electron chi connectivity index (χ2n) is 10.4. The highest BCUT2D eigenvalue weighted by Crippen LogP contribution is 2.33. The average Bonchev–Trinajstić information content (AvgIpc) is 2.88. The minimum absolute atomic E-state index is 0.0289. The number of amides is 2. The lowest BCUT2D eigenvalue weighted by Gasteiger charge is -2.35. The van der Waals surface area contributed by atoms with Gasteiger partial charge in [-0.05, 0) is 81.4 Å². The fourth-order valence-electron chi connectivity index (χ4n) is 3.78. The molecule has 0 bridgehead atoms. The SMILES string of the molecule is C=CC.CS(C)(C)CCOCN(C(=O)C1CCC(=O)N(CCCCl)C1)c1cccc(Cl)c1.Cc1cccc(Cl)c1. The number of rotatable bonds is 10. The van der Waals surface area contributed by atoms with Crippen LogP contribution < -0.4 is 4.90 Å². The predicted octanol–water partition coefficient (Wildman–Crippen LogP) is 8.05. The van der Waals surface area contributed by atoms with E-state index < -0.39 is 10.0 Å². The van der Waals surface area contributed by atoms with Crippen molar-refractivity contribution in [3.05, 3.63) is 76.8 Å². The van der Waals surface area contributed by atoms with Crippen molar-refractivity contribution >= 4 is 62.3 Å². The fourth-order valence-corrected chi connectivity index (χ4v) is 4.95. The summed E-state index contributed by atoms with van der Waals surface area (Å²) in [6.45, 7) is 9.08. The van der Waals surface area contributed by atoms with Crippen molar-refractivity contribution in [2.24, 2.45) is 5.92 Å². The summed E-state index contributed by atoms with van der Waals surface area (Å²) in [6, 6.07) is 15.0. The van der Waals surface area contributed by atoms with Gasteiger partial charge in [0.15, 0.2) is 0 Å². The summed E-state index contributed by atoms with van der Waals surface area (Å²) in [7, 11) is -0.661. The van der Waals surface area contributed by atoms with Gasteiger partial charge in [-0.1, -0.05) is 47.5 Å². The second-order valence-corrected chi connectivity index (χ2v) is 16.2. The van der Waals surface area contributed by atoms with Crippen LogP contribution in [0, 0.1) is 12.8 Å². The van der Waals surface area contributed by atoms with Crippen LogP contribution in [0.5, 0.6) is 0 Å². The van der Waals surface area contributed by atoms with E-state index in [-0.39, 0.29) is 24.5 Å². The molecule has 1 heterocycles. The van der Waals surface area contributed by atoms with Gasteiger partial charge >= 0.3 is 0 Å². The third-order valence-corrected chi connectivity index (χ3v) is 7.97. The summed E-state index contributed by atoms with van der Waals surface area (Å²) >= 11 is 17.6. The standard InChI is InChI=1S/C21H32Cl2N2O3S.C7H7Cl.C3H6/c1-29(2,3)13-12-28-16-25(19-7-4-6-18(23)14-19)21(27)17-8-9-20(26)24(15-17)11-5-10-22;1-6-3-2-4-7(8)5-6;1-3-2/h4,6-7,14,17H,5,8-13,15-16H2,1-3H3;2-5H,1H3;3H,1H2,2H3. The molecule has 2 aromatic rings. The Hall–Kier alpha value is -1.70. The van der Waals surface area contributed by atoms with Gasteiger partial charge in [0, 0.05) is 46.9 Å². The topological polar surface area (TPSA) is 49.9 Å². The minimum atomic E-state index is -0.661. The molecule has 1 aliphatic rings. The number of likely N-dealkylation sites (tertiary alicyclic amines) is 1. The Morgan fingerprint density at radius 1 is 1.15 bits per heavy atom. The summed E-state index contributed by atoms with van der Waals surface area (Å²) in [5.41, 5.74) is 1.92. The van der Waals surface area contributed by atoms with E-state index >= 15 is 0 Å². The van der Waals surface area contributed by atoms with Crippen molar-refractivity contribution in [1.29, 1.82) is 0 Å². The van der Waals surface area contributed by atoms with Crippen LogP contribution >= 0.6 is 44.8 Å². The van der Waals surface area contributed by atoms with E-state index in [9.17, 15) is 9.59 Å². The first-order chi connectivity index (χ1) is 18.9. The first-order valence-electron chi connectivity index (χ1n) is 13.4. The number of alkyl halides is 1. The van der Waals surface area contributed by atoms with E-state index in [0.29, 0.717) is 43.4 Å². The molecule has 0 aliphatic carbocycles. The largest absolute Gasteiger partial charge is 0.360 e. The van der Waals surface area contributed by atoms with Gasteiger partial charge in [-0.15, -0.1) is 18.2 Å². The van der Waals surface area contributed by atoms with Gasteiger partial charge in [0.2, 0.25) is 11.8 Å². The number of halogens is 3. The van der Waals surface area contributed by atoms with Crippen LogP contribution in [0.2, 0.25) is 10.0 Å². The van der Waals surface area contributed by atoms with Gasteiger partial charge in [-0.25, -0.2) is 10.0 Å². The van der Waals surface area contributed by atoms with Crippen molar-refractivity contribution in [2.45, 2.75) is 33.1 Å². The Morgan fingerprint density at radius 2 is 1.77 bits per heavy atom. The van der Waals surface area contributed by atoms with E-state index in [0.717, 1.165) is 22.9 Å². The zero-order chi connectivity index (χ0) is 30.1. The summed E-state index contributed by atoms with van der Waals surface area (Å²) in [6.07, 6.45) is 10.1. The van der Waals surface area contributed by atoms with Crippen molar-refractivity contribution in [3.63, 3.8) is 0 Å². The smallest absolute Gasteiger partial charge is 0.233 e. The van der Waals surface area contributed by atoms with Gasteiger partial charge in [-0.3, -0.25) is 14.5 Å². The zero-order valence-corrected chi connectivity index (χ0v) is 27.6. The molecule has 9 heteroatoms. The average molecular weight is 632 g/mol. The number of anilines is 1. The fraction of sp³-hybridized carbons (Fsp3) is 0.484. The first-order valence-corrected chi connectivity index (χ1v) is 17.7. The van der Waals surface area contributed by atoms with E-state index in [1.807, 2.05) is 50.2 Å². The molecule has 1 aliphatic heterocycles. The van der Waals surface area contributed by atoms with Gasteiger partial charge in [0.25, 0.3) is 0 Å². The van der Waals surface area contributed by atoms with E-state index in [1.165, 1.54) is 5.56 Å². The van der Waals surface area contributed by atoms with Gasteiger partial charge in [-0.2, -0.15) is 0 Å². The monoisotopic (exact) mass is 630 g/mol. The Labute approximate surface area is 258 Å². The highest BCUT2D eigenvalue weighted by molar-refractivity contribution is 8.32. The number of hydrogen-bond acceptors (Lipinski definition) is 3.